The van der Waals surface area contributed by atoms with E-state index >= 15 is 0 Å². The number of fused-ring (bicyclic) bond motifs is 3. The number of aliphatic imine (C=N–C) groups is 1. The summed E-state index contributed by atoms with van der Waals surface area (Å²) >= 11 is 0. The number of nitrogens with two attached hydrogens (primary N) is 1. The van der Waals surface area contributed by atoms with E-state index in [1.165, 1.54) is 11.3 Å². The van der Waals surface area contributed by atoms with Crippen molar-refractivity contribution >= 4 is 17.3 Å². The SMILES string of the molecule is C.N[C@@H]1c2cccnc2CC12CCN(c1cnc3c(n1)CN=C3N1CCCc3ncccc31)CC2. The zero-order valence-electron chi connectivity index (χ0n) is 19.2. The Morgan fingerprint density at radius 1 is 0.943 bits per heavy atom. The molecule has 6 heterocycles. The van der Waals surface area contributed by atoms with Crippen LogP contribution >= 0.6 is 0 Å². The minimum Gasteiger partial charge on any atom is -0.355 e. The van der Waals surface area contributed by atoms with Crippen molar-refractivity contribution in [2.24, 2.45) is 16.1 Å². The summed E-state index contributed by atoms with van der Waals surface area (Å²) in [5, 5.41) is 0. The van der Waals surface area contributed by atoms with Crippen LogP contribution in [-0.4, -0.2) is 45.4 Å². The van der Waals surface area contributed by atoms with Gasteiger partial charge in [0.15, 0.2) is 5.84 Å². The second-order valence-electron chi connectivity index (χ2n) is 9.93. The van der Waals surface area contributed by atoms with Crippen LogP contribution in [0.1, 0.15) is 61.1 Å². The van der Waals surface area contributed by atoms with Crippen LogP contribution < -0.4 is 15.5 Å². The monoisotopic (exact) mass is 468 g/mol. The van der Waals surface area contributed by atoms with Gasteiger partial charge in [0, 0.05) is 43.8 Å². The standard InChI is InChI=1S/C26H28N8.CH4/c27-24-17-4-1-9-29-19(17)14-26(24)7-12-33(13-8-26)22-16-30-23-20(32-22)15-31-25(23)34-11-3-5-18-21(34)6-2-10-28-18;/h1-2,4,6,9-10,16,24H,3,5,7-8,11-15,27H2;1H4/t24-;/m1./s1. The molecule has 2 N–H and O–H groups in total. The molecular formula is C27H32N8. The molecule has 1 saturated heterocycles. The topological polar surface area (TPSA) is 96.4 Å². The third-order valence-corrected chi connectivity index (χ3v) is 8.15. The van der Waals surface area contributed by atoms with Crippen LogP contribution in [0, 0.1) is 5.41 Å². The molecule has 8 nitrogen and oxygen atoms in total. The van der Waals surface area contributed by atoms with Gasteiger partial charge in [-0.1, -0.05) is 13.5 Å². The molecule has 0 aromatic carbocycles. The van der Waals surface area contributed by atoms with Gasteiger partial charge in [-0.2, -0.15) is 0 Å². The van der Waals surface area contributed by atoms with Crippen LogP contribution in [0.25, 0.3) is 0 Å². The van der Waals surface area contributed by atoms with Crippen molar-refractivity contribution in [3.63, 3.8) is 0 Å². The second kappa shape index (κ2) is 8.37. The fourth-order valence-corrected chi connectivity index (χ4v) is 6.24. The average molecular weight is 469 g/mol. The molecule has 0 saturated carbocycles. The van der Waals surface area contributed by atoms with Crippen LogP contribution in [0.15, 0.2) is 47.8 Å². The minimum absolute atomic E-state index is 0. The number of anilines is 2. The van der Waals surface area contributed by atoms with Crippen LogP contribution in [0.5, 0.6) is 0 Å². The minimum atomic E-state index is 0. The fourth-order valence-electron chi connectivity index (χ4n) is 6.24. The number of piperidine rings is 1. The number of pyridine rings is 2. The lowest BCUT2D eigenvalue weighted by Gasteiger charge is -2.42. The number of hydrogen-bond acceptors (Lipinski definition) is 8. The largest absolute Gasteiger partial charge is 0.355 e. The molecule has 1 spiro atoms. The fraction of sp³-hybridized carbons (Fsp3) is 0.444. The molecule has 1 aliphatic carbocycles. The van der Waals surface area contributed by atoms with Crippen LogP contribution in [0.2, 0.25) is 0 Å². The Morgan fingerprint density at radius 2 is 1.74 bits per heavy atom. The van der Waals surface area contributed by atoms with Gasteiger partial charge >= 0.3 is 0 Å². The number of aromatic nitrogens is 4. The van der Waals surface area contributed by atoms with Gasteiger partial charge in [-0.25, -0.2) is 9.97 Å². The molecule has 0 bridgehead atoms. The summed E-state index contributed by atoms with van der Waals surface area (Å²) in [5.41, 5.74) is 13.4. The molecule has 7 rings (SSSR count). The van der Waals surface area contributed by atoms with Crippen molar-refractivity contribution in [2.75, 3.05) is 29.4 Å². The normalized spacial score (nSPS) is 21.7. The summed E-state index contributed by atoms with van der Waals surface area (Å²) in [6.45, 7) is 3.40. The highest BCUT2D eigenvalue weighted by atomic mass is 15.3. The predicted molar refractivity (Wildman–Crippen MR) is 138 cm³/mol. The van der Waals surface area contributed by atoms with E-state index in [0.717, 1.165) is 86.2 Å². The van der Waals surface area contributed by atoms with Crippen molar-refractivity contribution in [3.8, 4) is 0 Å². The van der Waals surface area contributed by atoms with E-state index in [2.05, 4.69) is 31.9 Å². The Bertz CT molecular complexity index is 1290. The Hall–Kier alpha value is -3.39. The Morgan fingerprint density at radius 3 is 2.57 bits per heavy atom. The molecule has 4 aliphatic rings. The third kappa shape index (κ3) is 3.42. The molecule has 180 valence electrons. The lowest BCUT2D eigenvalue weighted by Crippen LogP contribution is -2.44. The molecule has 35 heavy (non-hydrogen) atoms. The molecule has 1 atom stereocenters. The number of amidine groups is 1. The lowest BCUT2D eigenvalue weighted by atomic mass is 9.73. The van der Waals surface area contributed by atoms with Crippen molar-refractivity contribution in [3.05, 3.63) is 71.2 Å². The van der Waals surface area contributed by atoms with E-state index in [-0.39, 0.29) is 18.9 Å². The summed E-state index contributed by atoms with van der Waals surface area (Å²) in [6.07, 6.45) is 10.8. The van der Waals surface area contributed by atoms with Crippen molar-refractivity contribution < 1.29 is 0 Å². The zero-order chi connectivity index (χ0) is 22.7. The van der Waals surface area contributed by atoms with Gasteiger partial charge in [-0.05, 0) is 61.3 Å². The highest BCUT2D eigenvalue weighted by molar-refractivity contribution is 6.11. The zero-order valence-corrected chi connectivity index (χ0v) is 19.2. The number of rotatable bonds is 1. The third-order valence-electron chi connectivity index (χ3n) is 8.15. The molecule has 0 amide bonds. The van der Waals surface area contributed by atoms with Gasteiger partial charge in [-0.15, -0.1) is 0 Å². The number of aryl methyl sites for hydroxylation is 1. The Labute approximate surface area is 206 Å². The smallest absolute Gasteiger partial charge is 0.156 e. The molecule has 1 fully saturated rings. The molecule has 0 unspecified atom stereocenters. The van der Waals surface area contributed by atoms with Gasteiger partial charge in [0.1, 0.15) is 11.5 Å². The lowest BCUT2D eigenvalue weighted by molar-refractivity contribution is 0.186. The van der Waals surface area contributed by atoms with Crippen LogP contribution in [-0.2, 0) is 19.4 Å². The van der Waals surface area contributed by atoms with Crippen molar-refractivity contribution in [1.82, 2.24) is 19.9 Å². The Balaban J connectivity index is 0.00000229. The number of hydrogen-bond donors (Lipinski definition) is 1. The van der Waals surface area contributed by atoms with E-state index in [1.54, 1.807) is 0 Å². The molecule has 3 aromatic rings. The summed E-state index contributed by atoms with van der Waals surface area (Å²) in [5.74, 6) is 1.88. The second-order valence-corrected chi connectivity index (χ2v) is 9.93. The maximum Gasteiger partial charge on any atom is 0.156 e. The van der Waals surface area contributed by atoms with Crippen molar-refractivity contribution in [2.45, 2.75) is 52.1 Å². The quantitative estimate of drug-likeness (QED) is 0.584. The maximum atomic E-state index is 6.72. The summed E-state index contributed by atoms with van der Waals surface area (Å²) in [4.78, 5) is 28.5. The van der Waals surface area contributed by atoms with E-state index in [1.807, 2.05) is 30.7 Å². The number of nitrogens with zero attached hydrogens (tertiary/aromatic N) is 7. The van der Waals surface area contributed by atoms with E-state index in [9.17, 15) is 0 Å². The first-order valence-corrected chi connectivity index (χ1v) is 12.3. The maximum absolute atomic E-state index is 6.72. The molecule has 3 aromatic heterocycles. The van der Waals surface area contributed by atoms with E-state index < -0.39 is 0 Å². The van der Waals surface area contributed by atoms with Gasteiger partial charge in [0.2, 0.25) is 0 Å². The highest BCUT2D eigenvalue weighted by Crippen LogP contribution is 2.50. The Kier molecular flexibility index (Phi) is 5.29. The molecule has 8 heteroatoms. The van der Waals surface area contributed by atoms with E-state index in [0.29, 0.717) is 6.54 Å². The average Bonchev–Trinajstić information content (AvgIpc) is 3.43. The van der Waals surface area contributed by atoms with Gasteiger partial charge in [0.25, 0.3) is 0 Å². The summed E-state index contributed by atoms with van der Waals surface area (Å²) < 4.78 is 0. The van der Waals surface area contributed by atoms with Gasteiger partial charge < -0.3 is 15.5 Å². The molecule has 0 radical (unpaired) electrons. The van der Waals surface area contributed by atoms with Crippen LogP contribution in [0.3, 0.4) is 0 Å². The van der Waals surface area contributed by atoms with E-state index in [4.69, 9.17) is 20.7 Å². The first kappa shape index (κ1) is 22.1. The molecule has 3 aliphatic heterocycles. The van der Waals surface area contributed by atoms with Crippen molar-refractivity contribution in [1.29, 1.82) is 0 Å². The summed E-state index contributed by atoms with van der Waals surface area (Å²) in [6, 6.07) is 8.35. The first-order chi connectivity index (χ1) is 16.7. The summed E-state index contributed by atoms with van der Waals surface area (Å²) in [7, 11) is 0. The van der Waals surface area contributed by atoms with Gasteiger partial charge in [-0.3, -0.25) is 15.0 Å². The predicted octanol–water partition coefficient (Wildman–Crippen LogP) is 3.46. The van der Waals surface area contributed by atoms with Gasteiger partial charge in [0.05, 0.1) is 29.8 Å². The highest BCUT2D eigenvalue weighted by Gasteiger charge is 2.46. The first-order valence-electron chi connectivity index (χ1n) is 12.3. The van der Waals surface area contributed by atoms with Crippen LogP contribution in [0.4, 0.5) is 11.5 Å². The molecular weight excluding hydrogens is 436 g/mol.